The van der Waals surface area contributed by atoms with E-state index < -0.39 is 12.4 Å². The Kier molecular flexibility index (Phi) is 2.72. The molecule has 1 rings (SSSR count). The maximum atomic E-state index is 12.6. The second-order valence-electron chi connectivity index (χ2n) is 2.24. The van der Waals surface area contributed by atoms with E-state index in [-0.39, 0.29) is 15.6 Å². The van der Waals surface area contributed by atoms with Crippen molar-refractivity contribution >= 4 is 15.9 Å². The van der Waals surface area contributed by atoms with Crippen LogP contribution < -0.4 is 0 Å². The molecule has 0 fully saturated rings. The molecule has 1 heterocycles. The van der Waals surface area contributed by atoms with Crippen LogP contribution in [0.5, 0.6) is 0 Å². The minimum Gasteiger partial charge on any atom is -0.227 e. The zero-order valence-corrected chi connectivity index (χ0v) is 7.70. The Morgan fingerprint density at radius 1 is 1.50 bits per heavy atom. The van der Waals surface area contributed by atoms with Crippen molar-refractivity contribution in [3.63, 3.8) is 0 Å². The Balaban J connectivity index is 3.27. The smallest absolute Gasteiger partial charge is 0.227 e. The summed E-state index contributed by atoms with van der Waals surface area (Å²) in [6.45, 7) is 1.41. The summed E-state index contributed by atoms with van der Waals surface area (Å²) >= 11 is 2.83. The minimum absolute atomic E-state index is 0.000278. The SMILES string of the molecule is Cc1c(C(F)F)cnc(F)c1Br. The standard InChI is InChI=1S/C7H5BrF3N/c1-3-4(6(9)10)2-12-7(11)5(3)8/h2,6H,1H3. The summed E-state index contributed by atoms with van der Waals surface area (Å²) in [5.41, 5.74) is -0.0548. The van der Waals surface area contributed by atoms with Crippen LogP contribution in [0.25, 0.3) is 0 Å². The quantitative estimate of drug-likeness (QED) is 0.686. The summed E-state index contributed by atoms with van der Waals surface area (Å²) in [5, 5.41) is 0. The Labute approximate surface area is 75.7 Å². The van der Waals surface area contributed by atoms with E-state index >= 15 is 0 Å². The highest BCUT2D eigenvalue weighted by Crippen LogP contribution is 2.27. The third kappa shape index (κ3) is 1.60. The number of aromatic nitrogens is 1. The van der Waals surface area contributed by atoms with Gasteiger partial charge in [-0.2, -0.15) is 4.39 Å². The summed E-state index contributed by atoms with van der Waals surface area (Å²) in [6, 6.07) is 0. The van der Waals surface area contributed by atoms with E-state index in [9.17, 15) is 13.2 Å². The third-order valence-corrected chi connectivity index (χ3v) is 2.42. The first-order valence-corrected chi connectivity index (χ1v) is 3.92. The molecule has 66 valence electrons. The Bertz CT molecular complexity index is 301. The van der Waals surface area contributed by atoms with Crippen molar-refractivity contribution in [2.45, 2.75) is 13.3 Å². The van der Waals surface area contributed by atoms with Gasteiger partial charge in [-0.05, 0) is 28.4 Å². The Hall–Kier alpha value is -0.580. The van der Waals surface area contributed by atoms with Gasteiger partial charge in [0.25, 0.3) is 6.43 Å². The monoisotopic (exact) mass is 239 g/mol. The predicted molar refractivity (Wildman–Crippen MR) is 41.6 cm³/mol. The van der Waals surface area contributed by atoms with Crippen molar-refractivity contribution in [2.75, 3.05) is 0 Å². The molecule has 0 atom stereocenters. The van der Waals surface area contributed by atoms with Gasteiger partial charge in [0.15, 0.2) is 0 Å². The molecule has 0 unspecified atom stereocenters. The number of nitrogens with zero attached hydrogens (tertiary/aromatic N) is 1. The largest absolute Gasteiger partial charge is 0.265 e. The van der Waals surface area contributed by atoms with Crippen LogP contribution in [-0.2, 0) is 0 Å². The highest BCUT2D eigenvalue weighted by molar-refractivity contribution is 9.10. The maximum Gasteiger partial charge on any atom is 0.265 e. The van der Waals surface area contributed by atoms with Gasteiger partial charge in [0.1, 0.15) is 0 Å². The van der Waals surface area contributed by atoms with Crippen LogP contribution in [0.2, 0.25) is 0 Å². The molecule has 0 aliphatic heterocycles. The van der Waals surface area contributed by atoms with E-state index in [1.54, 1.807) is 0 Å². The highest BCUT2D eigenvalue weighted by Gasteiger charge is 2.15. The fourth-order valence-electron chi connectivity index (χ4n) is 0.781. The van der Waals surface area contributed by atoms with Crippen molar-refractivity contribution in [2.24, 2.45) is 0 Å². The molecular formula is C7H5BrF3N. The normalized spacial score (nSPS) is 10.8. The summed E-state index contributed by atoms with van der Waals surface area (Å²) in [6.07, 6.45) is -1.77. The molecule has 0 aromatic carbocycles. The molecule has 5 heteroatoms. The maximum absolute atomic E-state index is 12.6. The fraction of sp³-hybridized carbons (Fsp3) is 0.286. The first-order valence-electron chi connectivity index (χ1n) is 3.12. The van der Waals surface area contributed by atoms with E-state index in [0.717, 1.165) is 6.20 Å². The fourth-order valence-corrected chi connectivity index (χ4v) is 1.11. The number of hydrogen-bond acceptors (Lipinski definition) is 1. The number of halogens is 4. The summed E-state index contributed by atoms with van der Waals surface area (Å²) in [4.78, 5) is 3.17. The summed E-state index contributed by atoms with van der Waals surface area (Å²) < 4.78 is 36.9. The van der Waals surface area contributed by atoms with Crippen LogP contribution in [0.4, 0.5) is 13.2 Å². The van der Waals surface area contributed by atoms with Gasteiger partial charge in [0, 0.05) is 11.8 Å². The Morgan fingerprint density at radius 2 is 2.08 bits per heavy atom. The molecule has 0 N–H and O–H groups in total. The number of hydrogen-bond donors (Lipinski definition) is 0. The average Bonchev–Trinajstić information content (AvgIpc) is 2.00. The van der Waals surface area contributed by atoms with Crippen LogP contribution >= 0.6 is 15.9 Å². The molecule has 0 amide bonds. The second kappa shape index (κ2) is 3.43. The van der Waals surface area contributed by atoms with Crippen LogP contribution in [0.15, 0.2) is 10.7 Å². The van der Waals surface area contributed by atoms with Crippen molar-refractivity contribution < 1.29 is 13.2 Å². The molecule has 0 aliphatic carbocycles. The molecule has 12 heavy (non-hydrogen) atoms. The van der Waals surface area contributed by atoms with Crippen molar-refractivity contribution in [3.8, 4) is 0 Å². The third-order valence-electron chi connectivity index (χ3n) is 1.50. The lowest BCUT2D eigenvalue weighted by Crippen LogP contribution is -1.96. The molecule has 0 saturated carbocycles. The van der Waals surface area contributed by atoms with Gasteiger partial charge < -0.3 is 0 Å². The molecule has 0 spiro atoms. The molecular weight excluding hydrogens is 235 g/mol. The molecule has 0 bridgehead atoms. The molecule has 1 nitrogen and oxygen atoms in total. The second-order valence-corrected chi connectivity index (χ2v) is 3.04. The molecule has 1 aromatic rings. The number of pyridine rings is 1. The average molecular weight is 240 g/mol. The molecule has 0 saturated heterocycles. The summed E-state index contributed by atoms with van der Waals surface area (Å²) in [7, 11) is 0. The van der Waals surface area contributed by atoms with Crippen molar-refractivity contribution in [1.29, 1.82) is 0 Å². The van der Waals surface area contributed by atoms with E-state index in [0.29, 0.717) is 0 Å². The predicted octanol–water partition coefficient (Wildman–Crippen LogP) is 3.23. The van der Waals surface area contributed by atoms with Gasteiger partial charge >= 0.3 is 0 Å². The van der Waals surface area contributed by atoms with Crippen molar-refractivity contribution in [3.05, 3.63) is 27.7 Å². The Morgan fingerprint density at radius 3 is 2.58 bits per heavy atom. The number of rotatable bonds is 1. The zero-order chi connectivity index (χ0) is 9.30. The van der Waals surface area contributed by atoms with E-state index in [4.69, 9.17) is 0 Å². The highest BCUT2D eigenvalue weighted by atomic mass is 79.9. The van der Waals surface area contributed by atoms with Crippen LogP contribution in [0.1, 0.15) is 17.6 Å². The lowest BCUT2D eigenvalue weighted by atomic mass is 10.2. The number of alkyl halides is 2. The molecule has 0 radical (unpaired) electrons. The van der Waals surface area contributed by atoms with Gasteiger partial charge in [-0.3, -0.25) is 0 Å². The van der Waals surface area contributed by atoms with Crippen molar-refractivity contribution in [1.82, 2.24) is 4.98 Å². The van der Waals surface area contributed by atoms with Gasteiger partial charge in [-0.25, -0.2) is 13.8 Å². The van der Waals surface area contributed by atoms with E-state index in [2.05, 4.69) is 20.9 Å². The van der Waals surface area contributed by atoms with Crippen LogP contribution in [-0.4, -0.2) is 4.98 Å². The van der Waals surface area contributed by atoms with Crippen LogP contribution in [0, 0.1) is 12.9 Å². The van der Waals surface area contributed by atoms with E-state index in [1.807, 2.05) is 0 Å². The molecule has 1 aromatic heterocycles. The topological polar surface area (TPSA) is 12.9 Å². The van der Waals surface area contributed by atoms with Gasteiger partial charge in [0.2, 0.25) is 5.95 Å². The lowest BCUT2D eigenvalue weighted by Gasteiger charge is -2.05. The van der Waals surface area contributed by atoms with Gasteiger partial charge in [-0.15, -0.1) is 0 Å². The molecule has 0 aliphatic rings. The van der Waals surface area contributed by atoms with Gasteiger partial charge in [0.05, 0.1) is 4.47 Å². The van der Waals surface area contributed by atoms with Gasteiger partial charge in [-0.1, -0.05) is 0 Å². The van der Waals surface area contributed by atoms with E-state index in [1.165, 1.54) is 6.92 Å². The first kappa shape index (κ1) is 9.51. The lowest BCUT2D eigenvalue weighted by molar-refractivity contribution is 0.150. The first-order chi connectivity index (χ1) is 5.54. The zero-order valence-electron chi connectivity index (χ0n) is 6.11. The minimum atomic E-state index is -2.62. The van der Waals surface area contributed by atoms with Crippen LogP contribution in [0.3, 0.4) is 0 Å². The summed E-state index contributed by atoms with van der Waals surface area (Å²) in [5.74, 6) is -0.767.